The number of aliphatic hydroxyl groups excluding tert-OH is 1. The van der Waals surface area contributed by atoms with Crippen molar-refractivity contribution in [3.63, 3.8) is 0 Å². The molecule has 0 aliphatic heterocycles. The van der Waals surface area contributed by atoms with Crippen LogP contribution in [0.5, 0.6) is 0 Å². The first-order chi connectivity index (χ1) is 7.88. The maximum atomic E-state index is 11.9. The molecule has 0 bridgehead atoms. The number of aryl methyl sites for hydroxylation is 3. The number of carbonyl (C=O) groups excluding carboxylic acids is 1. The normalized spacial score (nSPS) is 12.4. The van der Waals surface area contributed by atoms with E-state index in [4.69, 9.17) is 5.73 Å². The topological polar surface area (TPSA) is 66.6 Å². The van der Waals surface area contributed by atoms with E-state index < -0.39 is 6.10 Å². The Bertz CT molecular complexity index is 406. The molecule has 1 atom stereocenters. The highest BCUT2D eigenvalue weighted by atomic mass is 16.3. The Morgan fingerprint density at radius 3 is 2.24 bits per heavy atom. The molecule has 1 aromatic rings. The molecule has 4 heteroatoms. The van der Waals surface area contributed by atoms with Crippen LogP contribution < -0.4 is 10.6 Å². The van der Waals surface area contributed by atoms with Gasteiger partial charge in [0.25, 0.3) is 5.91 Å². The smallest absolute Gasteiger partial charge is 0.256 e. The summed E-state index contributed by atoms with van der Waals surface area (Å²) in [7, 11) is 1.66. The minimum absolute atomic E-state index is 0.0624. The molecule has 4 nitrogen and oxygen atoms in total. The van der Waals surface area contributed by atoms with Crippen LogP contribution in [0.2, 0.25) is 0 Å². The Labute approximate surface area is 102 Å². The molecule has 0 heterocycles. The van der Waals surface area contributed by atoms with Gasteiger partial charge in [-0.25, -0.2) is 0 Å². The van der Waals surface area contributed by atoms with Gasteiger partial charge in [-0.1, -0.05) is 17.7 Å². The number of nitrogens with two attached hydrogens (primary N) is 1. The van der Waals surface area contributed by atoms with Crippen LogP contribution in [0.1, 0.15) is 16.7 Å². The molecule has 1 amide bonds. The molecule has 1 unspecified atom stereocenters. The number of hydrogen-bond donors (Lipinski definition) is 2. The molecule has 3 N–H and O–H groups in total. The predicted octanol–water partition coefficient (Wildman–Crippen LogP) is 0.894. The second-order valence-electron chi connectivity index (χ2n) is 4.40. The van der Waals surface area contributed by atoms with Gasteiger partial charge >= 0.3 is 0 Å². The lowest BCUT2D eigenvalue weighted by Crippen LogP contribution is -2.41. The van der Waals surface area contributed by atoms with Crippen LogP contribution in [0.3, 0.4) is 0 Å². The zero-order valence-electron chi connectivity index (χ0n) is 10.8. The van der Waals surface area contributed by atoms with Crippen molar-refractivity contribution in [1.29, 1.82) is 0 Å². The summed E-state index contributed by atoms with van der Waals surface area (Å²) in [6.45, 7) is 5.86. The van der Waals surface area contributed by atoms with Gasteiger partial charge in [0.05, 0.1) is 0 Å². The summed E-state index contributed by atoms with van der Waals surface area (Å²) in [6, 6.07) is 4.03. The molecule has 0 aromatic heterocycles. The van der Waals surface area contributed by atoms with Crippen molar-refractivity contribution >= 4 is 11.6 Å². The van der Waals surface area contributed by atoms with Gasteiger partial charge in [0.1, 0.15) is 6.10 Å². The Morgan fingerprint density at radius 2 is 1.82 bits per heavy atom. The summed E-state index contributed by atoms with van der Waals surface area (Å²) in [6.07, 6.45) is -1.14. The van der Waals surface area contributed by atoms with Crippen LogP contribution >= 0.6 is 0 Å². The summed E-state index contributed by atoms with van der Waals surface area (Å²) < 4.78 is 0. The number of rotatable bonds is 3. The average Bonchev–Trinajstić information content (AvgIpc) is 2.25. The molecule has 17 heavy (non-hydrogen) atoms. The molecule has 0 spiro atoms. The molecule has 0 radical (unpaired) electrons. The molecule has 0 aliphatic carbocycles. The van der Waals surface area contributed by atoms with Crippen molar-refractivity contribution in [1.82, 2.24) is 0 Å². The van der Waals surface area contributed by atoms with Crippen molar-refractivity contribution in [2.45, 2.75) is 26.9 Å². The van der Waals surface area contributed by atoms with Gasteiger partial charge < -0.3 is 15.7 Å². The number of anilines is 1. The molecular formula is C13H20N2O2. The maximum absolute atomic E-state index is 11.9. The van der Waals surface area contributed by atoms with Gasteiger partial charge in [0, 0.05) is 19.3 Å². The van der Waals surface area contributed by atoms with E-state index >= 15 is 0 Å². The average molecular weight is 236 g/mol. The Hall–Kier alpha value is -1.39. The number of likely N-dealkylation sites (N-methyl/N-ethyl adjacent to an activating group) is 1. The lowest BCUT2D eigenvalue weighted by atomic mass is 10.0. The van der Waals surface area contributed by atoms with Gasteiger partial charge in [-0.05, 0) is 31.9 Å². The van der Waals surface area contributed by atoms with Crippen LogP contribution in [0.4, 0.5) is 5.69 Å². The third-order valence-corrected chi connectivity index (χ3v) is 2.81. The summed E-state index contributed by atoms with van der Waals surface area (Å²) in [5.41, 5.74) is 9.32. The fraction of sp³-hybridized carbons (Fsp3) is 0.462. The predicted molar refractivity (Wildman–Crippen MR) is 69.1 cm³/mol. The minimum atomic E-state index is -1.14. The number of amides is 1. The number of aliphatic hydroxyl groups is 1. The molecule has 0 aliphatic rings. The Morgan fingerprint density at radius 1 is 1.35 bits per heavy atom. The fourth-order valence-electron chi connectivity index (χ4n) is 2.14. The molecule has 1 rings (SSSR count). The van der Waals surface area contributed by atoms with E-state index in [1.54, 1.807) is 7.05 Å². The van der Waals surface area contributed by atoms with E-state index in [-0.39, 0.29) is 12.5 Å². The van der Waals surface area contributed by atoms with Gasteiger partial charge in [-0.15, -0.1) is 0 Å². The number of nitrogens with zero attached hydrogens (tertiary/aromatic N) is 1. The zero-order chi connectivity index (χ0) is 13.2. The standard InChI is InChI=1S/C13H20N2O2/c1-8-5-9(2)12(10(3)6-8)15(4)13(17)11(16)7-14/h5-6,11,16H,7,14H2,1-4H3. The lowest BCUT2D eigenvalue weighted by Gasteiger charge is -2.24. The maximum Gasteiger partial charge on any atom is 0.256 e. The summed E-state index contributed by atoms with van der Waals surface area (Å²) in [5.74, 6) is -0.373. The van der Waals surface area contributed by atoms with Crippen molar-refractivity contribution in [3.05, 3.63) is 28.8 Å². The van der Waals surface area contributed by atoms with Crippen molar-refractivity contribution < 1.29 is 9.90 Å². The first kappa shape index (κ1) is 13.7. The summed E-state index contributed by atoms with van der Waals surface area (Å²) in [5, 5.41) is 9.48. The van der Waals surface area contributed by atoms with Crippen LogP contribution in [0.25, 0.3) is 0 Å². The molecule has 0 saturated carbocycles. The van der Waals surface area contributed by atoms with Crippen molar-refractivity contribution in [3.8, 4) is 0 Å². The molecule has 0 fully saturated rings. The quantitative estimate of drug-likeness (QED) is 0.819. The first-order valence-electron chi connectivity index (χ1n) is 5.62. The third-order valence-electron chi connectivity index (χ3n) is 2.81. The van der Waals surface area contributed by atoms with E-state index in [2.05, 4.69) is 0 Å². The second kappa shape index (κ2) is 5.29. The van der Waals surface area contributed by atoms with E-state index in [1.807, 2.05) is 32.9 Å². The van der Waals surface area contributed by atoms with Crippen LogP contribution in [0, 0.1) is 20.8 Å². The van der Waals surface area contributed by atoms with Gasteiger partial charge in [-0.3, -0.25) is 4.79 Å². The van der Waals surface area contributed by atoms with Crippen molar-refractivity contribution in [2.75, 3.05) is 18.5 Å². The van der Waals surface area contributed by atoms with E-state index in [0.29, 0.717) is 0 Å². The highest BCUT2D eigenvalue weighted by molar-refractivity contribution is 5.97. The highest BCUT2D eigenvalue weighted by Gasteiger charge is 2.21. The summed E-state index contributed by atoms with van der Waals surface area (Å²) >= 11 is 0. The summed E-state index contributed by atoms with van der Waals surface area (Å²) in [4.78, 5) is 13.3. The monoisotopic (exact) mass is 236 g/mol. The van der Waals surface area contributed by atoms with Crippen molar-refractivity contribution in [2.24, 2.45) is 5.73 Å². The number of carbonyl (C=O) groups is 1. The van der Waals surface area contributed by atoms with Crippen LogP contribution in [0.15, 0.2) is 12.1 Å². The number of hydrogen-bond acceptors (Lipinski definition) is 3. The fourth-order valence-corrected chi connectivity index (χ4v) is 2.14. The van der Waals surface area contributed by atoms with Crippen LogP contribution in [-0.4, -0.2) is 30.7 Å². The minimum Gasteiger partial charge on any atom is -0.382 e. The highest BCUT2D eigenvalue weighted by Crippen LogP contribution is 2.25. The van der Waals surface area contributed by atoms with E-state index in [1.165, 1.54) is 4.90 Å². The van der Waals surface area contributed by atoms with E-state index in [9.17, 15) is 9.90 Å². The van der Waals surface area contributed by atoms with Gasteiger partial charge in [0.2, 0.25) is 0 Å². The Kier molecular flexibility index (Phi) is 4.26. The first-order valence-corrected chi connectivity index (χ1v) is 5.62. The molecule has 94 valence electrons. The second-order valence-corrected chi connectivity index (χ2v) is 4.40. The largest absolute Gasteiger partial charge is 0.382 e. The van der Waals surface area contributed by atoms with Gasteiger partial charge in [0.15, 0.2) is 0 Å². The Balaban J connectivity index is 3.12. The third kappa shape index (κ3) is 2.84. The zero-order valence-corrected chi connectivity index (χ0v) is 10.8. The van der Waals surface area contributed by atoms with Gasteiger partial charge in [-0.2, -0.15) is 0 Å². The van der Waals surface area contributed by atoms with Crippen LogP contribution in [-0.2, 0) is 4.79 Å². The molecule has 1 aromatic carbocycles. The lowest BCUT2D eigenvalue weighted by molar-refractivity contribution is -0.125. The number of benzene rings is 1. The molecule has 0 saturated heterocycles. The SMILES string of the molecule is Cc1cc(C)c(N(C)C(=O)C(O)CN)c(C)c1. The molecular weight excluding hydrogens is 216 g/mol. The van der Waals surface area contributed by atoms with E-state index in [0.717, 1.165) is 22.4 Å².